The van der Waals surface area contributed by atoms with Gasteiger partial charge >= 0.3 is 12.0 Å². The number of aryl methyl sites for hydroxylation is 1. The Hall–Kier alpha value is -2.04. The third-order valence-corrected chi connectivity index (χ3v) is 3.10. The molecule has 0 spiro atoms. The number of carboxylic acid groups (broad SMARTS) is 1. The number of rotatable bonds is 7. The van der Waals surface area contributed by atoms with E-state index < -0.39 is 18.0 Å². The maximum atomic E-state index is 11.7. The molecule has 0 saturated carbocycles. The molecule has 0 radical (unpaired) electrons. The molecule has 20 heavy (non-hydrogen) atoms. The second-order valence-electron chi connectivity index (χ2n) is 4.84. The normalized spacial score (nSPS) is 13.3. The molecule has 0 saturated heterocycles. The van der Waals surface area contributed by atoms with E-state index in [1.165, 1.54) is 5.56 Å². The molecule has 3 N–H and O–H groups in total. The van der Waals surface area contributed by atoms with E-state index in [1.807, 2.05) is 37.3 Å². The number of carbonyl (C=O) groups is 2. The minimum absolute atomic E-state index is 0.0125. The van der Waals surface area contributed by atoms with Crippen molar-refractivity contribution in [3.8, 4) is 0 Å². The summed E-state index contributed by atoms with van der Waals surface area (Å²) in [4.78, 5) is 22.5. The summed E-state index contributed by atoms with van der Waals surface area (Å²) in [6.45, 7) is 3.63. The van der Waals surface area contributed by atoms with Gasteiger partial charge in [-0.3, -0.25) is 0 Å². The Bertz CT molecular complexity index is 434. The topological polar surface area (TPSA) is 78.4 Å². The number of urea groups is 1. The van der Waals surface area contributed by atoms with E-state index in [4.69, 9.17) is 5.11 Å². The fourth-order valence-electron chi connectivity index (χ4n) is 1.86. The fraction of sp³-hybridized carbons (Fsp3) is 0.467. The van der Waals surface area contributed by atoms with Gasteiger partial charge in [-0.1, -0.05) is 37.3 Å². The minimum Gasteiger partial charge on any atom is -0.480 e. The van der Waals surface area contributed by atoms with Gasteiger partial charge in [0, 0.05) is 6.04 Å². The first-order chi connectivity index (χ1) is 9.52. The largest absolute Gasteiger partial charge is 0.480 e. The molecule has 0 aliphatic rings. The van der Waals surface area contributed by atoms with Crippen molar-refractivity contribution in [1.29, 1.82) is 0 Å². The molecule has 1 aromatic carbocycles. The molecule has 2 amide bonds. The van der Waals surface area contributed by atoms with Crippen LogP contribution in [0.3, 0.4) is 0 Å². The van der Waals surface area contributed by atoms with Crippen LogP contribution >= 0.6 is 0 Å². The molecule has 5 nitrogen and oxygen atoms in total. The predicted molar refractivity (Wildman–Crippen MR) is 77.6 cm³/mol. The summed E-state index contributed by atoms with van der Waals surface area (Å²) in [5.41, 5.74) is 1.22. The Balaban J connectivity index is 2.32. The van der Waals surface area contributed by atoms with E-state index in [1.54, 1.807) is 6.92 Å². The molecule has 2 atom stereocenters. The zero-order valence-corrected chi connectivity index (χ0v) is 11.9. The highest BCUT2D eigenvalue weighted by atomic mass is 16.4. The van der Waals surface area contributed by atoms with Crippen molar-refractivity contribution >= 4 is 12.0 Å². The van der Waals surface area contributed by atoms with Crippen LogP contribution in [0.25, 0.3) is 0 Å². The van der Waals surface area contributed by atoms with Crippen LogP contribution in [0.4, 0.5) is 4.79 Å². The molecule has 0 fully saturated rings. The SMILES string of the molecule is CCC(NC(=O)NC(C)CCc1ccccc1)C(=O)O. The highest BCUT2D eigenvalue weighted by Gasteiger charge is 2.18. The van der Waals surface area contributed by atoms with E-state index >= 15 is 0 Å². The van der Waals surface area contributed by atoms with Crippen LogP contribution in [0.5, 0.6) is 0 Å². The predicted octanol–water partition coefficient (Wildman–Crippen LogP) is 2.17. The Morgan fingerprint density at radius 2 is 1.85 bits per heavy atom. The van der Waals surface area contributed by atoms with E-state index in [0.29, 0.717) is 6.42 Å². The lowest BCUT2D eigenvalue weighted by atomic mass is 10.1. The van der Waals surface area contributed by atoms with Gasteiger partial charge in [-0.25, -0.2) is 9.59 Å². The third kappa shape index (κ3) is 5.73. The van der Waals surface area contributed by atoms with Crippen molar-refractivity contribution in [2.24, 2.45) is 0 Å². The first kappa shape index (κ1) is 16.0. The fourth-order valence-corrected chi connectivity index (χ4v) is 1.86. The molecule has 1 aromatic rings. The third-order valence-electron chi connectivity index (χ3n) is 3.10. The van der Waals surface area contributed by atoms with Crippen molar-refractivity contribution in [2.75, 3.05) is 0 Å². The lowest BCUT2D eigenvalue weighted by molar-refractivity contribution is -0.139. The van der Waals surface area contributed by atoms with Gasteiger partial charge < -0.3 is 15.7 Å². The Kier molecular flexibility index (Phi) is 6.56. The van der Waals surface area contributed by atoms with Gasteiger partial charge in [0.05, 0.1) is 0 Å². The number of benzene rings is 1. The quantitative estimate of drug-likeness (QED) is 0.715. The smallest absolute Gasteiger partial charge is 0.326 e. The molecule has 0 aliphatic carbocycles. The van der Waals surface area contributed by atoms with Gasteiger partial charge in [-0.05, 0) is 31.7 Å². The molecule has 0 aliphatic heterocycles. The molecule has 1 rings (SSSR count). The van der Waals surface area contributed by atoms with Gasteiger partial charge in [0.2, 0.25) is 0 Å². The van der Waals surface area contributed by atoms with Gasteiger partial charge in [0.1, 0.15) is 6.04 Å². The van der Waals surface area contributed by atoms with Crippen LogP contribution in [0.2, 0.25) is 0 Å². The van der Waals surface area contributed by atoms with Crippen LogP contribution in [0.15, 0.2) is 30.3 Å². The summed E-state index contributed by atoms with van der Waals surface area (Å²) in [6.07, 6.45) is 2.04. The molecule has 0 bridgehead atoms. The maximum absolute atomic E-state index is 11.7. The highest BCUT2D eigenvalue weighted by molar-refractivity contribution is 5.82. The number of hydrogen-bond donors (Lipinski definition) is 3. The Morgan fingerprint density at radius 1 is 1.20 bits per heavy atom. The van der Waals surface area contributed by atoms with Crippen molar-refractivity contribution in [3.63, 3.8) is 0 Å². The van der Waals surface area contributed by atoms with Crippen LogP contribution in [-0.4, -0.2) is 29.2 Å². The lowest BCUT2D eigenvalue weighted by Crippen LogP contribution is -2.48. The van der Waals surface area contributed by atoms with Crippen LogP contribution in [0, 0.1) is 0 Å². The standard InChI is InChI=1S/C15H22N2O3/c1-3-13(14(18)19)17-15(20)16-11(2)9-10-12-7-5-4-6-8-12/h4-8,11,13H,3,9-10H2,1-2H3,(H,18,19)(H2,16,17,20). The summed E-state index contributed by atoms with van der Waals surface area (Å²) < 4.78 is 0. The number of aliphatic carboxylic acids is 1. The van der Waals surface area contributed by atoms with E-state index in [9.17, 15) is 9.59 Å². The average molecular weight is 278 g/mol. The Labute approximate surface area is 119 Å². The second kappa shape index (κ2) is 8.19. The number of amides is 2. The molecule has 2 unspecified atom stereocenters. The van der Waals surface area contributed by atoms with E-state index in [2.05, 4.69) is 10.6 Å². The maximum Gasteiger partial charge on any atom is 0.326 e. The molecular formula is C15H22N2O3. The zero-order valence-electron chi connectivity index (χ0n) is 11.9. The minimum atomic E-state index is -1.01. The van der Waals surface area contributed by atoms with E-state index in [-0.39, 0.29) is 6.04 Å². The first-order valence-corrected chi connectivity index (χ1v) is 6.86. The summed E-state index contributed by atoms with van der Waals surface area (Å²) >= 11 is 0. The van der Waals surface area contributed by atoms with Crippen LogP contribution < -0.4 is 10.6 Å². The molecule has 0 aromatic heterocycles. The van der Waals surface area contributed by atoms with Crippen molar-refractivity contribution in [1.82, 2.24) is 10.6 Å². The molecular weight excluding hydrogens is 256 g/mol. The molecule has 5 heteroatoms. The van der Waals surface area contributed by atoms with Crippen molar-refractivity contribution in [2.45, 2.75) is 45.2 Å². The second-order valence-corrected chi connectivity index (χ2v) is 4.84. The number of carboxylic acids is 1. The van der Waals surface area contributed by atoms with E-state index in [0.717, 1.165) is 12.8 Å². The van der Waals surface area contributed by atoms with Gasteiger partial charge in [0.25, 0.3) is 0 Å². The number of nitrogens with one attached hydrogen (secondary N) is 2. The zero-order chi connectivity index (χ0) is 15.0. The monoisotopic (exact) mass is 278 g/mol. The van der Waals surface area contributed by atoms with Crippen molar-refractivity contribution < 1.29 is 14.7 Å². The van der Waals surface area contributed by atoms with Gasteiger partial charge in [-0.15, -0.1) is 0 Å². The van der Waals surface area contributed by atoms with Gasteiger partial charge in [0.15, 0.2) is 0 Å². The first-order valence-electron chi connectivity index (χ1n) is 6.86. The lowest BCUT2D eigenvalue weighted by Gasteiger charge is -2.17. The Morgan fingerprint density at radius 3 is 2.40 bits per heavy atom. The summed E-state index contributed by atoms with van der Waals surface area (Å²) in [5, 5.41) is 14.1. The molecule has 110 valence electrons. The molecule has 0 heterocycles. The summed E-state index contributed by atoms with van der Waals surface area (Å²) in [5.74, 6) is -1.01. The number of carbonyl (C=O) groups excluding carboxylic acids is 1. The van der Waals surface area contributed by atoms with Crippen LogP contribution in [-0.2, 0) is 11.2 Å². The number of hydrogen-bond acceptors (Lipinski definition) is 2. The average Bonchev–Trinajstić information content (AvgIpc) is 2.43. The highest BCUT2D eigenvalue weighted by Crippen LogP contribution is 2.04. The van der Waals surface area contributed by atoms with Gasteiger partial charge in [-0.2, -0.15) is 0 Å². The van der Waals surface area contributed by atoms with Crippen LogP contribution in [0.1, 0.15) is 32.3 Å². The van der Waals surface area contributed by atoms with Crippen molar-refractivity contribution in [3.05, 3.63) is 35.9 Å². The summed E-state index contributed by atoms with van der Waals surface area (Å²) in [7, 11) is 0. The summed E-state index contributed by atoms with van der Waals surface area (Å²) in [6, 6.07) is 8.75.